The van der Waals surface area contributed by atoms with Crippen molar-refractivity contribution in [2.24, 2.45) is 5.73 Å². The summed E-state index contributed by atoms with van der Waals surface area (Å²) in [5, 5.41) is 0. The van der Waals surface area contributed by atoms with E-state index in [-0.39, 0.29) is 0 Å². The molecule has 0 aromatic heterocycles. The zero-order chi connectivity index (χ0) is 7.98. The molecule has 0 bridgehead atoms. The molecule has 2 heteroatoms. The molecule has 1 atom stereocenters. The molecule has 0 aromatic rings. The fraction of sp³-hybridized carbons (Fsp3) is 0.750. The maximum absolute atomic E-state index is 5.69. The summed E-state index contributed by atoms with van der Waals surface area (Å²) in [7, 11) is 4.02. The predicted molar refractivity (Wildman–Crippen MR) is 45.7 cm³/mol. The lowest BCUT2D eigenvalue weighted by molar-refractivity contribution is 0.556. The van der Waals surface area contributed by atoms with Crippen molar-refractivity contribution >= 4 is 0 Å². The van der Waals surface area contributed by atoms with Crippen molar-refractivity contribution in [3.05, 3.63) is 12.3 Å². The lowest BCUT2D eigenvalue weighted by Gasteiger charge is -2.06. The molecular weight excluding hydrogens is 124 g/mol. The predicted octanol–water partition coefficient (Wildman–Crippen LogP) is 1.19. The van der Waals surface area contributed by atoms with E-state index in [2.05, 4.69) is 13.0 Å². The van der Waals surface area contributed by atoms with Gasteiger partial charge in [0.05, 0.1) is 0 Å². The van der Waals surface area contributed by atoms with Gasteiger partial charge in [0.2, 0.25) is 0 Å². The molecule has 0 amide bonds. The van der Waals surface area contributed by atoms with E-state index < -0.39 is 0 Å². The van der Waals surface area contributed by atoms with Gasteiger partial charge in [0.15, 0.2) is 0 Å². The average Bonchev–Trinajstić information content (AvgIpc) is 1.87. The van der Waals surface area contributed by atoms with E-state index in [9.17, 15) is 0 Å². The van der Waals surface area contributed by atoms with Crippen LogP contribution in [0.25, 0.3) is 0 Å². The van der Waals surface area contributed by atoms with Crippen LogP contribution in [0.15, 0.2) is 12.3 Å². The number of rotatable bonds is 4. The number of hydrogen-bond acceptors (Lipinski definition) is 2. The van der Waals surface area contributed by atoms with Crippen molar-refractivity contribution in [1.82, 2.24) is 4.90 Å². The van der Waals surface area contributed by atoms with Crippen molar-refractivity contribution in [1.29, 1.82) is 0 Å². The summed E-state index contributed by atoms with van der Waals surface area (Å²) in [6.45, 7) is 2.11. The van der Waals surface area contributed by atoms with Gasteiger partial charge in [0.1, 0.15) is 0 Å². The van der Waals surface area contributed by atoms with Crippen molar-refractivity contribution in [2.75, 3.05) is 14.1 Å². The van der Waals surface area contributed by atoms with Crippen molar-refractivity contribution < 1.29 is 0 Å². The molecule has 0 rings (SSSR count). The summed E-state index contributed by atoms with van der Waals surface area (Å²) in [5.74, 6) is 0. The molecule has 60 valence electrons. The van der Waals surface area contributed by atoms with Gasteiger partial charge in [-0.1, -0.05) is 13.0 Å². The van der Waals surface area contributed by atoms with Crippen LogP contribution >= 0.6 is 0 Å². The normalized spacial score (nSPS) is 14.0. The second kappa shape index (κ2) is 5.30. The first-order valence-corrected chi connectivity index (χ1v) is 3.75. The second-order valence-corrected chi connectivity index (χ2v) is 2.75. The van der Waals surface area contributed by atoms with Crippen LogP contribution in [0.1, 0.15) is 19.8 Å². The van der Waals surface area contributed by atoms with E-state index >= 15 is 0 Å². The summed E-state index contributed by atoms with van der Waals surface area (Å²) < 4.78 is 0. The van der Waals surface area contributed by atoms with Crippen LogP contribution in [0.4, 0.5) is 0 Å². The summed E-state index contributed by atoms with van der Waals surface area (Å²) in [4.78, 5) is 2.02. The molecule has 0 fully saturated rings. The maximum atomic E-state index is 5.69. The number of nitrogens with two attached hydrogens (primary N) is 1. The minimum absolute atomic E-state index is 0.330. The van der Waals surface area contributed by atoms with Gasteiger partial charge < -0.3 is 10.6 Å². The van der Waals surface area contributed by atoms with E-state index in [0.717, 1.165) is 12.8 Å². The molecule has 0 aliphatic rings. The van der Waals surface area contributed by atoms with E-state index in [0.29, 0.717) is 6.04 Å². The highest BCUT2D eigenvalue weighted by atomic mass is 15.0. The lowest BCUT2D eigenvalue weighted by Crippen LogP contribution is -2.17. The summed E-state index contributed by atoms with van der Waals surface area (Å²) in [6, 6.07) is 0.330. The molecule has 0 aromatic carbocycles. The SMILES string of the molecule is CCC(N)C/C=C/N(C)C. The third-order valence-corrected chi connectivity index (χ3v) is 1.37. The first-order chi connectivity index (χ1) is 4.66. The zero-order valence-corrected chi connectivity index (χ0v) is 7.17. The van der Waals surface area contributed by atoms with Crippen LogP contribution in [0.2, 0.25) is 0 Å². The standard InChI is InChI=1S/C8H18N2/c1-4-8(9)6-5-7-10(2)3/h5,7-8H,4,6,9H2,1-3H3/b7-5+. The first kappa shape index (κ1) is 9.50. The lowest BCUT2D eigenvalue weighted by atomic mass is 10.2. The van der Waals surface area contributed by atoms with Gasteiger partial charge in [-0.25, -0.2) is 0 Å². The fourth-order valence-electron chi connectivity index (χ4n) is 0.613. The third kappa shape index (κ3) is 5.63. The Bertz CT molecular complexity index is 97.4. The smallest absolute Gasteiger partial charge is 0.00714 e. The zero-order valence-electron chi connectivity index (χ0n) is 7.17. The highest BCUT2D eigenvalue weighted by molar-refractivity contribution is 4.82. The molecule has 2 N–H and O–H groups in total. The molecule has 2 nitrogen and oxygen atoms in total. The van der Waals surface area contributed by atoms with E-state index in [1.807, 2.05) is 25.2 Å². The van der Waals surface area contributed by atoms with E-state index in [4.69, 9.17) is 5.73 Å². The monoisotopic (exact) mass is 142 g/mol. The van der Waals surface area contributed by atoms with Crippen molar-refractivity contribution in [2.45, 2.75) is 25.8 Å². The highest BCUT2D eigenvalue weighted by Gasteiger charge is 1.92. The van der Waals surface area contributed by atoms with Gasteiger partial charge in [-0.05, 0) is 19.0 Å². The Labute approximate surface area is 63.7 Å². The number of hydrogen-bond donors (Lipinski definition) is 1. The van der Waals surface area contributed by atoms with Gasteiger partial charge in [0.25, 0.3) is 0 Å². The Hall–Kier alpha value is -0.500. The Morgan fingerprint density at radius 3 is 2.50 bits per heavy atom. The van der Waals surface area contributed by atoms with Gasteiger partial charge in [0, 0.05) is 20.1 Å². The van der Waals surface area contributed by atoms with Crippen LogP contribution in [-0.2, 0) is 0 Å². The topological polar surface area (TPSA) is 29.3 Å². The Kier molecular flexibility index (Phi) is 5.03. The van der Waals surface area contributed by atoms with Crippen LogP contribution < -0.4 is 5.73 Å². The van der Waals surface area contributed by atoms with Crippen LogP contribution in [0.5, 0.6) is 0 Å². The van der Waals surface area contributed by atoms with E-state index in [1.54, 1.807) is 0 Å². The van der Waals surface area contributed by atoms with Gasteiger partial charge >= 0.3 is 0 Å². The Morgan fingerprint density at radius 2 is 2.10 bits per heavy atom. The quantitative estimate of drug-likeness (QED) is 0.639. The van der Waals surface area contributed by atoms with Crippen LogP contribution in [-0.4, -0.2) is 25.0 Å². The fourth-order valence-corrected chi connectivity index (χ4v) is 0.613. The van der Waals surface area contributed by atoms with Gasteiger partial charge in [-0.2, -0.15) is 0 Å². The van der Waals surface area contributed by atoms with Crippen molar-refractivity contribution in [3.8, 4) is 0 Å². The van der Waals surface area contributed by atoms with Crippen LogP contribution in [0, 0.1) is 0 Å². The largest absolute Gasteiger partial charge is 0.384 e. The molecule has 0 aliphatic heterocycles. The summed E-state index contributed by atoms with van der Waals surface area (Å²) >= 11 is 0. The molecule has 1 unspecified atom stereocenters. The second-order valence-electron chi connectivity index (χ2n) is 2.75. The molecular formula is C8H18N2. The molecule has 0 aliphatic carbocycles. The third-order valence-electron chi connectivity index (χ3n) is 1.37. The Morgan fingerprint density at radius 1 is 1.50 bits per heavy atom. The number of nitrogens with zero attached hydrogens (tertiary/aromatic N) is 1. The van der Waals surface area contributed by atoms with Gasteiger partial charge in [-0.15, -0.1) is 0 Å². The molecule has 10 heavy (non-hydrogen) atoms. The van der Waals surface area contributed by atoms with Gasteiger partial charge in [-0.3, -0.25) is 0 Å². The molecule has 0 saturated carbocycles. The molecule has 0 spiro atoms. The summed E-state index contributed by atoms with van der Waals surface area (Å²) in [6.07, 6.45) is 6.18. The maximum Gasteiger partial charge on any atom is 0.00714 e. The first-order valence-electron chi connectivity index (χ1n) is 3.75. The summed E-state index contributed by atoms with van der Waals surface area (Å²) in [5.41, 5.74) is 5.69. The Balaban J connectivity index is 3.33. The average molecular weight is 142 g/mol. The molecule has 0 heterocycles. The highest BCUT2D eigenvalue weighted by Crippen LogP contribution is 1.94. The molecule has 0 radical (unpaired) electrons. The minimum Gasteiger partial charge on any atom is -0.384 e. The van der Waals surface area contributed by atoms with E-state index in [1.165, 1.54) is 0 Å². The molecule has 0 saturated heterocycles. The van der Waals surface area contributed by atoms with Crippen LogP contribution in [0.3, 0.4) is 0 Å². The van der Waals surface area contributed by atoms with Crippen molar-refractivity contribution in [3.63, 3.8) is 0 Å². The minimum atomic E-state index is 0.330.